The largest absolute Gasteiger partial charge is 0.469 e. The number of rotatable bonds is 6. The molecule has 0 aromatic carbocycles. The maximum absolute atomic E-state index is 10.5. The third-order valence-electron chi connectivity index (χ3n) is 1.65. The first kappa shape index (κ1) is 11.1. The number of ether oxygens (including phenoxy) is 2. The van der Waals surface area contributed by atoms with E-state index in [1.807, 2.05) is 0 Å². The molecular formula is C6H13O6P. The van der Waals surface area contributed by atoms with E-state index in [2.05, 4.69) is 4.52 Å². The summed E-state index contributed by atoms with van der Waals surface area (Å²) in [5.41, 5.74) is 0. The van der Waals surface area contributed by atoms with Crippen LogP contribution in [0.5, 0.6) is 0 Å². The standard InChI is InChI=1S/C6H13O6P/c1-10-3-2-5(6-4-11-6)12-13(7,8)9/h5-6H,2-4H2,1H3,(H2,7,8,9). The second kappa shape index (κ2) is 4.50. The van der Waals surface area contributed by atoms with Gasteiger partial charge in [-0.3, -0.25) is 4.52 Å². The molecule has 0 radical (unpaired) electrons. The lowest BCUT2D eigenvalue weighted by molar-refractivity contribution is 0.0758. The molecule has 1 fully saturated rings. The molecule has 2 atom stereocenters. The maximum atomic E-state index is 10.5. The summed E-state index contributed by atoms with van der Waals surface area (Å²) < 4.78 is 24.7. The van der Waals surface area contributed by atoms with E-state index in [1.54, 1.807) is 0 Å². The molecule has 1 saturated heterocycles. The van der Waals surface area contributed by atoms with E-state index in [4.69, 9.17) is 19.3 Å². The monoisotopic (exact) mass is 212 g/mol. The average molecular weight is 212 g/mol. The molecule has 13 heavy (non-hydrogen) atoms. The Morgan fingerprint density at radius 3 is 2.69 bits per heavy atom. The summed E-state index contributed by atoms with van der Waals surface area (Å²) in [7, 11) is -2.90. The summed E-state index contributed by atoms with van der Waals surface area (Å²) in [5.74, 6) is 0. The highest BCUT2D eigenvalue weighted by Crippen LogP contribution is 2.40. The molecule has 0 spiro atoms. The average Bonchev–Trinajstić information content (AvgIpc) is 2.77. The van der Waals surface area contributed by atoms with E-state index in [-0.39, 0.29) is 6.10 Å². The summed E-state index contributed by atoms with van der Waals surface area (Å²) in [6.07, 6.45) is -0.338. The van der Waals surface area contributed by atoms with Gasteiger partial charge >= 0.3 is 7.82 Å². The van der Waals surface area contributed by atoms with Crippen LogP contribution in [0.25, 0.3) is 0 Å². The van der Waals surface area contributed by atoms with Crippen LogP contribution in [-0.4, -0.2) is 42.3 Å². The molecule has 6 nitrogen and oxygen atoms in total. The lowest BCUT2D eigenvalue weighted by Crippen LogP contribution is -2.20. The number of methoxy groups -OCH3 is 1. The summed E-state index contributed by atoms with van der Waals surface area (Å²) in [6.45, 7) is 0.888. The molecule has 0 aromatic rings. The molecule has 78 valence electrons. The zero-order valence-electron chi connectivity index (χ0n) is 7.25. The lowest BCUT2D eigenvalue weighted by atomic mass is 10.2. The Bertz CT molecular complexity index is 197. The maximum Gasteiger partial charge on any atom is 0.469 e. The van der Waals surface area contributed by atoms with Crippen molar-refractivity contribution >= 4 is 7.82 Å². The van der Waals surface area contributed by atoms with Crippen LogP contribution in [0.4, 0.5) is 0 Å². The highest BCUT2D eigenvalue weighted by atomic mass is 31.2. The quantitative estimate of drug-likeness (QED) is 0.472. The van der Waals surface area contributed by atoms with Crippen molar-refractivity contribution < 1.29 is 28.3 Å². The Labute approximate surface area is 76.0 Å². The topological polar surface area (TPSA) is 88.5 Å². The first-order chi connectivity index (χ1) is 6.03. The summed E-state index contributed by atoms with van der Waals surface area (Å²) >= 11 is 0. The first-order valence-corrected chi connectivity index (χ1v) is 5.40. The summed E-state index contributed by atoms with van der Waals surface area (Å²) in [4.78, 5) is 17.1. The fraction of sp³-hybridized carbons (Fsp3) is 1.00. The van der Waals surface area contributed by atoms with E-state index < -0.39 is 13.9 Å². The van der Waals surface area contributed by atoms with Crippen molar-refractivity contribution in [3.05, 3.63) is 0 Å². The van der Waals surface area contributed by atoms with Crippen LogP contribution in [0.3, 0.4) is 0 Å². The van der Waals surface area contributed by atoms with Gasteiger partial charge in [-0.1, -0.05) is 0 Å². The van der Waals surface area contributed by atoms with Gasteiger partial charge < -0.3 is 19.3 Å². The minimum absolute atomic E-state index is 0.192. The minimum Gasteiger partial charge on any atom is -0.385 e. The first-order valence-electron chi connectivity index (χ1n) is 3.87. The molecule has 7 heteroatoms. The van der Waals surface area contributed by atoms with Gasteiger partial charge in [0.1, 0.15) is 12.2 Å². The zero-order valence-corrected chi connectivity index (χ0v) is 8.15. The molecule has 2 N–H and O–H groups in total. The molecular weight excluding hydrogens is 199 g/mol. The predicted octanol–water partition coefficient (Wildman–Crippen LogP) is -0.100. The number of epoxide rings is 1. The van der Waals surface area contributed by atoms with Crippen LogP contribution in [0.2, 0.25) is 0 Å². The van der Waals surface area contributed by atoms with E-state index in [0.717, 1.165) is 0 Å². The van der Waals surface area contributed by atoms with Gasteiger partial charge in [-0.25, -0.2) is 4.57 Å². The fourth-order valence-electron chi connectivity index (χ4n) is 0.987. The lowest BCUT2D eigenvalue weighted by Gasteiger charge is -2.15. The third kappa shape index (κ3) is 4.71. The van der Waals surface area contributed by atoms with Gasteiger partial charge in [0.25, 0.3) is 0 Å². The predicted molar refractivity (Wildman–Crippen MR) is 43.2 cm³/mol. The normalized spacial score (nSPS) is 24.4. The smallest absolute Gasteiger partial charge is 0.385 e. The second-order valence-corrected chi connectivity index (χ2v) is 3.98. The second-order valence-electron chi connectivity index (χ2n) is 2.79. The van der Waals surface area contributed by atoms with E-state index in [9.17, 15) is 4.57 Å². The molecule has 1 aliphatic rings. The molecule has 0 aromatic heterocycles. The SMILES string of the molecule is COCCC(OP(=O)(O)O)C1CO1. The van der Waals surface area contributed by atoms with E-state index >= 15 is 0 Å². The Kier molecular flexibility index (Phi) is 3.85. The zero-order chi connectivity index (χ0) is 9.90. The molecule has 0 saturated carbocycles. The van der Waals surface area contributed by atoms with Crippen molar-refractivity contribution in [3.63, 3.8) is 0 Å². The van der Waals surface area contributed by atoms with Crippen molar-refractivity contribution in [1.29, 1.82) is 0 Å². The van der Waals surface area contributed by atoms with Crippen molar-refractivity contribution in [2.75, 3.05) is 20.3 Å². The van der Waals surface area contributed by atoms with Crippen LogP contribution in [-0.2, 0) is 18.6 Å². The van der Waals surface area contributed by atoms with Crippen LogP contribution in [0.1, 0.15) is 6.42 Å². The Morgan fingerprint density at radius 1 is 1.69 bits per heavy atom. The molecule has 0 bridgehead atoms. The summed E-state index contributed by atoms with van der Waals surface area (Å²) in [6, 6.07) is 0. The fourth-order valence-corrected chi connectivity index (χ4v) is 1.58. The highest BCUT2D eigenvalue weighted by molar-refractivity contribution is 7.46. The van der Waals surface area contributed by atoms with Crippen molar-refractivity contribution in [3.8, 4) is 0 Å². The van der Waals surface area contributed by atoms with Gasteiger partial charge in [0.05, 0.1) is 6.61 Å². The van der Waals surface area contributed by atoms with Crippen LogP contribution < -0.4 is 0 Å². The molecule has 0 amide bonds. The Hall–Kier alpha value is 0.0300. The Morgan fingerprint density at radius 2 is 2.31 bits per heavy atom. The summed E-state index contributed by atoms with van der Waals surface area (Å²) in [5, 5.41) is 0. The van der Waals surface area contributed by atoms with Crippen molar-refractivity contribution in [2.24, 2.45) is 0 Å². The molecule has 1 rings (SSSR count). The van der Waals surface area contributed by atoms with Crippen molar-refractivity contribution in [1.82, 2.24) is 0 Å². The molecule has 1 heterocycles. The molecule has 2 unspecified atom stereocenters. The number of hydrogen-bond acceptors (Lipinski definition) is 4. The van der Waals surface area contributed by atoms with Crippen LogP contribution in [0, 0.1) is 0 Å². The van der Waals surface area contributed by atoms with Gasteiger partial charge in [0.2, 0.25) is 0 Å². The van der Waals surface area contributed by atoms with E-state index in [0.29, 0.717) is 19.6 Å². The van der Waals surface area contributed by atoms with Gasteiger partial charge in [0.15, 0.2) is 0 Å². The van der Waals surface area contributed by atoms with Crippen molar-refractivity contribution in [2.45, 2.75) is 18.6 Å². The van der Waals surface area contributed by atoms with Gasteiger partial charge in [-0.2, -0.15) is 0 Å². The Balaban J connectivity index is 2.33. The molecule has 1 aliphatic heterocycles. The number of phosphoric ester groups is 1. The van der Waals surface area contributed by atoms with Gasteiger partial charge in [-0.05, 0) is 0 Å². The number of phosphoric acid groups is 1. The van der Waals surface area contributed by atoms with E-state index in [1.165, 1.54) is 7.11 Å². The molecule has 0 aliphatic carbocycles. The third-order valence-corrected chi connectivity index (χ3v) is 2.20. The van der Waals surface area contributed by atoms with Crippen LogP contribution in [0.15, 0.2) is 0 Å². The van der Waals surface area contributed by atoms with Crippen LogP contribution >= 0.6 is 7.82 Å². The highest BCUT2D eigenvalue weighted by Gasteiger charge is 2.37. The minimum atomic E-state index is -4.41. The van der Waals surface area contributed by atoms with Gasteiger partial charge in [0, 0.05) is 20.1 Å². The number of hydrogen-bond donors (Lipinski definition) is 2. The van der Waals surface area contributed by atoms with Gasteiger partial charge in [-0.15, -0.1) is 0 Å².